The summed E-state index contributed by atoms with van der Waals surface area (Å²) < 4.78 is 0. The minimum atomic E-state index is -0.232. The first-order chi connectivity index (χ1) is 10.4. The van der Waals surface area contributed by atoms with Crippen LogP contribution in [0.4, 0.5) is 0 Å². The highest BCUT2D eigenvalue weighted by Crippen LogP contribution is 2.65. The Morgan fingerprint density at radius 3 is 2.45 bits per heavy atom. The van der Waals surface area contributed by atoms with Crippen molar-refractivity contribution in [3.05, 3.63) is 0 Å². The molecule has 0 spiro atoms. The third-order valence-electron chi connectivity index (χ3n) is 8.24. The molecule has 0 aromatic heterocycles. The molecule has 0 aromatic rings. The van der Waals surface area contributed by atoms with Crippen LogP contribution in [0.2, 0.25) is 0 Å². The van der Waals surface area contributed by atoms with Crippen molar-refractivity contribution in [3.63, 3.8) is 0 Å². The highest BCUT2D eigenvalue weighted by molar-refractivity contribution is 5.86. The summed E-state index contributed by atoms with van der Waals surface area (Å²) in [6.07, 6.45) is 6.63. The van der Waals surface area contributed by atoms with Crippen molar-refractivity contribution in [1.82, 2.24) is 0 Å². The molecule has 4 fully saturated rings. The van der Waals surface area contributed by atoms with E-state index < -0.39 is 0 Å². The Labute approximate surface area is 132 Å². The summed E-state index contributed by atoms with van der Waals surface area (Å²) in [7, 11) is 0. The predicted octanol–water partition coefficient (Wildman–Crippen LogP) is 3.14. The Morgan fingerprint density at radius 1 is 0.955 bits per heavy atom. The number of hydrogen-bond donors (Lipinski definition) is 1. The molecule has 22 heavy (non-hydrogen) atoms. The van der Waals surface area contributed by atoms with Gasteiger partial charge >= 0.3 is 0 Å². The minimum Gasteiger partial charge on any atom is -0.393 e. The molecule has 3 heteroatoms. The topological polar surface area (TPSA) is 54.4 Å². The molecule has 7 atom stereocenters. The smallest absolute Gasteiger partial charge is 0.136 e. The van der Waals surface area contributed by atoms with Gasteiger partial charge < -0.3 is 5.11 Å². The summed E-state index contributed by atoms with van der Waals surface area (Å²) in [6, 6.07) is 0. The van der Waals surface area contributed by atoms with Gasteiger partial charge in [-0.1, -0.05) is 13.8 Å². The van der Waals surface area contributed by atoms with Crippen LogP contribution in [-0.4, -0.2) is 22.8 Å². The van der Waals surface area contributed by atoms with Gasteiger partial charge in [0.15, 0.2) is 0 Å². The van der Waals surface area contributed by atoms with Gasteiger partial charge in [-0.15, -0.1) is 0 Å². The molecule has 0 saturated heterocycles. The molecule has 1 N–H and O–H groups in total. The normalized spacial score (nSPS) is 54.6. The van der Waals surface area contributed by atoms with E-state index >= 15 is 0 Å². The van der Waals surface area contributed by atoms with Gasteiger partial charge in [0.1, 0.15) is 11.6 Å². The SMILES string of the molecule is C[C@]12CCC(=O)CC1CC(=O)[C@@H]1[C@H]2CC[C@]2(C)C(O)CC[C@@H]12. The van der Waals surface area contributed by atoms with Gasteiger partial charge in [-0.05, 0) is 60.7 Å². The van der Waals surface area contributed by atoms with Gasteiger partial charge in [0.25, 0.3) is 0 Å². The van der Waals surface area contributed by atoms with Crippen LogP contribution < -0.4 is 0 Å². The maximum Gasteiger partial charge on any atom is 0.136 e. The molecule has 4 aliphatic carbocycles. The molecule has 0 amide bonds. The first-order valence-corrected chi connectivity index (χ1v) is 9.09. The monoisotopic (exact) mass is 304 g/mol. The van der Waals surface area contributed by atoms with Crippen LogP contribution in [0.1, 0.15) is 65.2 Å². The second-order valence-corrected chi connectivity index (χ2v) is 8.99. The number of carbonyl (C=O) groups excluding carboxylic acids is 2. The van der Waals surface area contributed by atoms with Gasteiger partial charge in [0.2, 0.25) is 0 Å². The van der Waals surface area contributed by atoms with Crippen LogP contribution in [0.5, 0.6) is 0 Å². The fraction of sp³-hybridized carbons (Fsp3) is 0.895. The zero-order chi connectivity index (χ0) is 15.7. The van der Waals surface area contributed by atoms with Crippen LogP contribution in [0.15, 0.2) is 0 Å². The summed E-state index contributed by atoms with van der Waals surface area (Å²) in [6.45, 7) is 4.56. The summed E-state index contributed by atoms with van der Waals surface area (Å²) in [5, 5.41) is 10.4. The summed E-state index contributed by atoms with van der Waals surface area (Å²) in [5.41, 5.74) is 0.117. The number of hydrogen-bond acceptors (Lipinski definition) is 3. The lowest BCUT2D eigenvalue weighted by Crippen LogP contribution is -2.57. The third-order valence-corrected chi connectivity index (χ3v) is 8.24. The summed E-state index contributed by atoms with van der Waals surface area (Å²) >= 11 is 0. The van der Waals surface area contributed by atoms with E-state index in [9.17, 15) is 14.7 Å². The van der Waals surface area contributed by atoms with E-state index in [1.165, 1.54) is 0 Å². The maximum atomic E-state index is 12.9. The predicted molar refractivity (Wildman–Crippen MR) is 83.1 cm³/mol. The molecule has 0 heterocycles. The summed E-state index contributed by atoms with van der Waals surface area (Å²) in [4.78, 5) is 24.8. The fourth-order valence-electron chi connectivity index (χ4n) is 6.70. The molecule has 3 nitrogen and oxygen atoms in total. The van der Waals surface area contributed by atoms with Crippen molar-refractivity contribution in [2.24, 2.45) is 34.5 Å². The number of aliphatic hydroxyl groups is 1. The summed E-state index contributed by atoms with van der Waals surface area (Å²) in [5.74, 6) is 1.97. The average molecular weight is 304 g/mol. The van der Waals surface area contributed by atoms with Gasteiger partial charge in [-0.2, -0.15) is 0 Å². The van der Waals surface area contributed by atoms with Crippen LogP contribution >= 0.6 is 0 Å². The number of fused-ring (bicyclic) bond motifs is 5. The van der Waals surface area contributed by atoms with Crippen molar-refractivity contribution in [3.8, 4) is 0 Å². The highest BCUT2D eigenvalue weighted by Gasteiger charge is 2.62. The van der Waals surface area contributed by atoms with Crippen LogP contribution in [-0.2, 0) is 9.59 Å². The lowest BCUT2D eigenvalue weighted by Gasteiger charge is -2.59. The second kappa shape index (κ2) is 4.66. The first-order valence-electron chi connectivity index (χ1n) is 9.09. The lowest BCUT2D eigenvalue weighted by molar-refractivity contribution is -0.160. The second-order valence-electron chi connectivity index (χ2n) is 8.99. The van der Waals surface area contributed by atoms with E-state index in [1.807, 2.05) is 0 Å². The maximum absolute atomic E-state index is 12.9. The molecule has 0 aliphatic heterocycles. The van der Waals surface area contributed by atoms with Crippen molar-refractivity contribution < 1.29 is 14.7 Å². The van der Waals surface area contributed by atoms with Crippen LogP contribution in [0, 0.1) is 34.5 Å². The Balaban J connectivity index is 1.70. The van der Waals surface area contributed by atoms with E-state index in [1.54, 1.807) is 0 Å². The number of ketones is 2. The third kappa shape index (κ3) is 1.78. The Morgan fingerprint density at radius 2 is 1.68 bits per heavy atom. The van der Waals surface area contributed by atoms with Crippen molar-refractivity contribution in [2.75, 3.05) is 0 Å². The average Bonchev–Trinajstić information content (AvgIpc) is 2.77. The lowest BCUT2D eigenvalue weighted by atomic mass is 9.45. The van der Waals surface area contributed by atoms with Crippen LogP contribution in [0.3, 0.4) is 0 Å². The minimum absolute atomic E-state index is 0.0511. The number of carbonyl (C=O) groups is 2. The molecule has 2 unspecified atom stereocenters. The molecule has 4 aliphatic rings. The van der Waals surface area contributed by atoms with E-state index in [-0.39, 0.29) is 28.8 Å². The van der Waals surface area contributed by atoms with Crippen LogP contribution in [0.25, 0.3) is 0 Å². The zero-order valence-corrected chi connectivity index (χ0v) is 13.8. The van der Waals surface area contributed by atoms with Gasteiger partial charge in [0.05, 0.1) is 6.10 Å². The number of Topliss-reactive ketones (excluding diaryl/α,β-unsaturated/α-hetero) is 2. The van der Waals surface area contributed by atoms with E-state index in [0.29, 0.717) is 42.7 Å². The highest BCUT2D eigenvalue weighted by atomic mass is 16.3. The first kappa shape index (κ1) is 14.9. The molecular weight excluding hydrogens is 276 g/mol. The molecule has 0 aromatic carbocycles. The fourth-order valence-corrected chi connectivity index (χ4v) is 6.70. The Hall–Kier alpha value is -0.700. The largest absolute Gasteiger partial charge is 0.393 e. The van der Waals surface area contributed by atoms with Crippen molar-refractivity contribution >= 4 is 11.6 Å². The molecule has 122 valence electrons. The molecule has 0 radical (unpaired) electrons. The molecule has 4 saturated carbocycles. The molecular formula is C19H28O3. The molecule has 0 bridgehead atoms. The van der Waals surface area contributed by atoms with Crippen molar-refractivity contribution in [1.29, 1.82) is 0 Å². The van der Waals surface area contributed by atoms with Crippen molar-refractivity contribution in [2.45, 2.75) is 71.3 Å². The number of rotatable bonds is 0. The van der Waals surface area contributed by atoms with E-state index in [2.05, 4.69) is 13.8 Å². The Bertz CT molecular complexity index is 527. The van der Waals surface area contributed by atoms with Gasteiger partial charge in [-0.3, -0.25) is 9.59 Å². The van der Waals surface area contributed by atoms with Gasteiger partial charge in [-0.25, -0.2) is 0 Å². The zero-order valence-electron chi connectivity index (χ0n) is 13.8. The molecule has 4 rings (SSSR count). The Kier molecular flexibility index (Phi) is 3.15. The van der Waals surface area contributed by atoms with E-state index in [4.69, 9.17) is 0 Å². The number of aliphatic hydroxyl groups excluding tert-OH is 1. The van der Waals surface area contributed by atoms with E-state index in [0.717, 1.165) is 32.1 Å². The van der Waals surface area contributed by atoms with Gasteiger partial charge in [0, 0.05) is 25.2 Å². The quantitative estimate of drug-likeness (QED) is 0.748. The standard InChI is InChI=1S/C19H28O3/c1-18-7-5-12(20)9-11(18)10-15(21)17-13-3-4-16(22)19(13,2)8-6-14(17)18/h11,13-14,16-17,22H,3-10H2,1-2H3/t11?,13-,14+,16?,17-,18-,19-/m0/s1.